The van der Waals surface area contributed by atoms with Crippen LogP contribution in [0.25, 0.3) is 0 Å². The molecule has 0 aliphatic heterocycles. The molecule has 1 aromatic carbocycles. The number of imide groups is 1. The number of aryl methyl sites for hydroxylation is 1. The van der Waals surface area contributed by atoms with E-state index in [0.29, 0.717) is 41.3 Å². The number of amides is 3. The number of carbonyl (C=O) groups excluding carboxylic acids is 4. The Balaban J connectivity index is 2.37. The Morgan fingerprint density at radius 2 is 1.90 bits per heavy atom. The van der Waals surface area contributed by atoms with Gasteiger partial charge in [-0.2, -0.15) is 0 Å². The molecule has 0 radical (unpaired) electrons. The average Bonchev–Trinajstić information content (AvgIpc) is 3.28. The van der Waals surface area contributed by atoms with E-state index < -0.39 is 37.5 Å². The molecule has 1 unspecified atom stereocenters. The summed E-state index contributed by atoms with van der Waals surface area (Å²) in [5.74, 6) is -1.49. The van der Waals surface area contributed by atoms with E-state index >= 15 is 0 Å². The number of benzene rings is 1. The maximum Gasteiger partial charge on any atom is 0.419 e. The summed E-state index contributed by atoms with van der Waals surface area (Å²) in [5.41, 5.74) is 9.03. The van der Waals surface area contributed by atoms with Gasteiger partial charge < -0.3 is 35.9 Å². The third kappa shape index (κ3) is 8.38. The molecule has 2 rings (SSSR count). The van der Waals surface area contributed by atoms with Crippen LogP contribution < -0.4 is 16.4 Å². The molecule has 0 aliphatic carbocycles. The first-order chi connectivity index (χ1) is 18.5. The number of H-pyrrole nitrogens is 1. The number of aliphatic hydroxyl groups excluding tert-OH is 1. The van der Waals surface area contributed by atoms with Gasteiger partial charge in [0, 0.05) is 30.5 Å². The monoisotopic (exact) mass is 544 g/mol. The van der Waals surface area contributed by atoms with Crippen LogP contribution in [0.1, 0.15) is 64.7 Å². The summed E-state index contributed by atoms with van der Waals surface area (Å²) in [4.78, 5) is 57.7. The number of ether oxygens (including phenoxy) is 2. The van der Waals surface area contributed by atoms with E-state index in [1.54, 1.807) is 39.0 Å². The van der Waals surface area contributed by atoms with Crippen LogP contribution in [-0.2, 0) is 14.3 Å². The first kappa shape index (κ1) is 31.0. The van der Waals surface area contributed by atoms with Crippen molar-refractivity contribution < 1.29 is 33.8 Å². The minimum atomic E-state index is -1.00. The highest BCUT2D eigenvalue weighted by Gasteiger charge is 2.28. The van der Waals surface area contributed by atoms with Crippen molar-refractivity contribution in [2.75, 3.05) is 31.8 Å². The predicted molar refractivity (Wildman–Crippen MR) is 144 cm³/mol. The summed E-state index contributed by atoms with van der Waals surface area (Å²) in [6.45, 7) is 7.79. The molecule has 13 heteroatoms. The molecule has 1 aromatic heterocycles. The number of nitrogens with two attached hydrogens (primary N) is 1. The van der Waals surface area contributed by atoms with Gasteiger partial charge in [-0.25, -0.2) is 19.5 Å². The molecule has 0 bridgehead atoms. The largest absolute Gasteiger partial charge is 0.426 e. The van der Waals surface area contributed by atoms with Crippen molar-refractivity contribution in [3.8, 4) is 0 Å². The molecular weight excluding hydrogens is 508 g/mol. The average molecular weight is 545 g/mol. The molecule has 0 saturated heterocycles. The number of nitrogens with zero attached hydrogens (tertiary/aromatic N) is 2. The SMILES string of the molecule is CCCN(C(=O)OCOC(=O)CO)C(=O)c1c[nH]c(/C(=N\C(C)N)Nc2cc(C(=O)NCC)ccc2C)c1C. The molecule has 13 nitrogen and oxygen atoms in total. The number of amidine groups is 1. The van der Waals surface area contributed by atoms with E-state index in [2.05, 4.69) is 25.3 Å². The Morgan fingerprint density at radius 1 is 1.18 bits per heavy atom. The standard InChI is InChI=1S/C26H36N6O7/c1-6-10-32(26(37)39-14-38-21(34)13-33)25(36)19-12-29-22(16(19)4)23(30-17(5)27)31-20-11-18(9-8-15(20)3)24(35)28-7-2/h8-9,11-12,17,29,33H,6-7,10,13-14,27H2,1-5H3,(H,28,35)(H,30,31). The highest BCUT2D eigenvalue weighted by molar-refractivity contribution is 6.12. The quantitative estimate of drug-likeness (QED) is 0.122. The molecule has 0 aliphatic rings. The third-order valence-electron chi connectivity index (χ3n) is 5.47. The van der Waals surface area contributed by atoms with Crippen LogP contribution >= 0.6 is 0 Å². The fourth-order valence-electron chi connectivity index (χ4n) is 3.53. The number of aromatic amines is 1. The Morgan fingerprint density at radius 3 is 2.51 bits per heavy atom. The van der Waals surface area contributed by atoms with Gasteiger partial charge in [-0.15, -0.1) is 0 Å². The zero-order valence-corrected chi connectivity index (χ0v) is 22.8. The van der Waals surface area contributed by atoms with E-state index in [1.165, 1.54) is 6.20 Å². The Bertz CT molecular complexity index is 1220. The predicted octanol–water partition coefficient (Wildman–Crippen LogP) is 2.03. The molecule has 39 heavy (non-hydrogen) atoms. The highest BCUT2D eigenvalue weighted by atomic mass is 16.7. The van der Waals surface area contributed by atoms with Crippen molar-refractivity contribution in [3.05, 3.63) is 52.3 Å². The Hall–Kier alpha value is -4.23. The lowest BCUT2D eigenvalue weighted by molar-refractivity contribution is -0.155. The van der Waals surface area contributed by atoms with Gasteiger partial charge in [0.25, 0.3) is 11.8 Å². The number of aliphatic hydroxyl groups is 1. The normalized spacial score (nSPS) is 11.9. The van der Waals surface area contributed by atoms with Crippen LogP contribution in [0.5, 0.6) is 0 Å². The van der Waals surface area contributed by atoms with Crippen molar-refractivity contribution >= 4 is 35.4 Å². The molecule has 2 aromatic rings. The van der Waals surface area contributed by atoms with Crippen LogP contribution in [0.2, 0.25) is 0 Å². The van der Waals surface area contributed by atoms with Crippen LogP contribution in [0, 0.1) is 13.8 Å². The molecule has 0 saturated carbocycles. The maximum absolute atomic E-state index is 13.3. The molecule has 0 spiro atoms. The van der Waals surface area contributed by atoms with Crippen LogP contribution in [0.3, 0.4) is 0 Å². The molecule has 212 valence electrons. The first-order valence-electron chi connectivity index (χ1n) is 12.5. The minimum absolute atomic E-state index is 0.0520. The van der Waals surface area contributed by atoms with E-state index in [4.69, 9.17) is 15.6 Å². The Kier molecular flexibility index (Phi) is 11.6. The molecular formula is C26H36N6O7. The highest BCUT2D eigenvalue weighted by Crippen LogP contribution is 2.22. The fourth-order valence-corrected chi connectivity index (χ4v) is 3.53. The van der Waals surface area contributed by atoms with Crippen LogP contribution in [0.4, 0.5) is 10.5 Å². The zero-order chi connectivity index (χ0) is 29.1. The fraction of sp³-hybridized carbons (Fsp3) is 0.423. The first-order valence-corrected chi connectivity index (χ1v) is 12.5. The molecule has 0 fully saturated rings. The van der Waals surface area contributed by atoms with Gasteiger partial charge in [-0.3, -0.25) is 9.59 Å². The number of aromatic nitrogens is 1. The van der Waals surface area contributed by atoms with Gasteiger partial charge >= 0.3 is 12.1 Å². The summed E-state index contributed by atoms with van der Waals surface area (Å²) in [7, 11) is 0. The Labute approximate surface area is 226 Å². The van der Waals surface area contributed by atoms with Gasteiger partial charge in [0.2, 0.25) is 6.79 Å². The molecule has 6 N–H and O–H groups in total. The molecule has 3 amide bonds. The van der Waals surface area contributed by atoms with Crippen molar-refractivity contribution in [2.45, 2.75) is 47.2 Å². The van der Waals surface area contributed by atoms with E-state index in [1.807, 2.05) is 13.8 Å². The van der Waals surface area contributed by atoms with Gasteiger partial charge in [0.15, 0.2) is 5.84 Å². The summed E-state index contributed by atoms with van der Waals surface area (Å²) in [6.07, 6.45) is 0.295. The van der Waals surface area contributed by atoms with Crippen molar-refractivity contribution in [3.63, 3.8) is 0 Å². The summed E-state index contributed by atoms with van der Waals surface area (Å²) in [6, 6.07) is 5.22. The van der Waals surface area contributed by atoms with Gasteiger partial charge in [-0.05, 0) is 57.4 Å². The minimum Gasteiger partial charge on any atom is -0.426 e. The van der Waals surface area contributed by atoms with E-state index in [0.717, 1.165) is 10.5 Å². The number of rotatable bonds is 11. The number of nitrogens with one attached hydrogen (secondary N) is 3. The topological polar surface area (TPSA) is 188 Å². The van der Waals surface area contributed by atoms with E-state index in [9.17, 15) is 19.2 Å². The summed E-state index contributed by atoms with van der Waals surface area (Å²) in [5, 5.41) is 14.7. The van der Waals surface area contributed by atoms with Crippen LogP contribution in [0.15, 0.2) is 29.4 Å². The number of aliphatic imine (C=N–C) groups is 1. The van der Waals surface area contributed by atoms with Gasteiger partial charge in [-0.1, -0.05) is 13.0 Å². The van der Waals surface area contributed by atoms with E-state index in [-0.39, 0.29) is 18.0 Å². The van der Waals surface area contributed by atoms with Crippen molar-refractivity contribution in [1.82, 2.24) is 15.2 Å². The number of esters is 1. The second-order valence-corrected chi connectivity index (χ2v) is 8.59. The smallest absolute Gasteiger partial charge is 0.419 e. The molecule has 1 atom stereocenters. The number of carbonyl (C=O) groups is 4. The number of hydrogen-bond donors (Lipinski definition) is 5. The number of hydrogen-bond acceptors (Lipinski definition) is 9. The summed E-state index contributed by atoms with van der Waals surface area (Å²) >= 11 is 0. The van der Waals surface area contributed by atoms with Crippen molar-refractivity contribution in [2.24, 2.45) is 10.7 Å². The van der Waals surface area contributed by atoms with Gasteiger partial charge in [0.1, 0.15) is 6.61 Å². The zero-order valence-electron chi connectivity index (χ0n) is 22.8. The second kappa shape index (κ2) is 14.6. The van der Waals surface area contributed by atoms with Crippen LogP contribution in [-0.4, -0.2) is 77.4 Å². The lowest BCUT2D eigenvalue weighted by atomic mass is 10.1. The lowest BCUT2D eigenvalue weighted by Gasteiger charge is -2.19. The number of anilines is 1. The van der Waals surface area contributed by atoms with Crippen molar-refractivity contribution in [1.29, 1.82) is 0 Å². The summed E-state index contributed by atoms with van der Waals surface area (Å²) < 4.78 is 9.41. The van der Waals surface area contributed by atoms with Gasteiger partial charge in [0.05, 0.1) is 17.4 Å². The molecule has 1 heterocycles. The maximum atomic E-state index is 13.3. The second-order valence-electron chi connectivity index (χ2n) is 8.59. The lowest BCUT2D eigenvalue weighted by Crippen LogP contribution is -2.38. The third-order valence-corrected chi connectivity index (χ3v) is 5.47.